The van der Waals surface area contributed by atoms with E-state index in [2.05, 4.69) is 10.5 Å². The zero-order chi connectivity index (χ0) is 17.3. The maximum absolute atomic E-state index is 12.5. The maximum Gasteiger partial charge on any atom is 0.256 e. The molecule has 1 aromatic carbocycles. The van der Waals surface area contributed by atoms with Crippen LogP contribution in [0.15, 0.2) is 59.3 Å². The topological polar surface area (TPSA) is 58.5 Å². The fourth-order valence-corrected chi connectivity index (χ4v) is 3.08. The van der Waals surface area contributed by atoms with E-state index < -0.39 is 11.0 Å². The van der Waals surface area contributed by atoms with Crippen molar-refractivity contribution in [3.8, 4) is 0 Å². The van der Waals surface area contributed by atoms with Crippen LogP contribution in [0, 0.1) is 11.8 Å². The van der Waals surface area contributed by atoms with Gasteiger partial charge in [0.25, 0.3) is 5.24 Å². The summed E-state index contributed by atoms with van der Waals surface area (Å²) in [4.78, 5) is 24.1. The van der Waals surface area contributed by atoms with E-state index in [-0.39, 0.29) is 23.1 Å². The van der Waals surface area contributed by atoms with Crippen molar-refractivity contribution < 1.29 is 9.59 Å². The first-order valence-corrected chi connectivity index (χ1v) is 8.21. The summed E-state index contributed by atoms with van der Waals surface area (Å²) in [7, 11) is 0. The van der Waals surface area contributed by atoms with E-state index in [0.717, 1.165) is 0 Å². The van der Waals surface area contributed by atoms with Gasteiger partial charge in [0, 0.05) is 16.9 Å². The van der Waals surface area contributed by atoms with Crippen LogP contribution in [0.25, 0.3) is 0 Å². The summed E-state index contributed by atoms with van der Waals surface area (Å²) in [5.74, 6) is -0.921. The molecule has 7 heteroatoms. The Bertz CT molecular complexity index is 840. The second-order valence-electron chi connectivity index (χ2n) is 5.29. The highest BCUT2D eigenvalue weighted by atomic mass is 35.5. The monoisotopic (exact) mass is 380 g/mol. The van der Waals surface area contributed by atoms with Crippen LogP contribution in [-0.4, -0.2) is 16.7 Å². The molecule has 0 spiro atoms. The number of hydrogen-bond donors (Lipinski definition) is 1. The van der Waals surface area contributed by atoms with E-state index in [1.54, 1.807) is 24.3 Å². The van der Waals surface area contributed by atoms with Crippen molar-refractivity contribution in [3.05, 3.63) is 64.2 Å². The summed E-state index contributed by atoms with van der Waals surface area (Å²) in [5, 5.41) is 4.28. The highest BCUT2D eigenvalue weighted by Gasteiger charge is 2.36. The van der Waals surface area contributed by atoms with Gasteiger partial charge in [0.15, 0.2) is 0 Å². The number of carbonyl (C=O) groups is 2. The normalized spacial score (nSPS) is 23.9. The summed E-state index contributed by atoms with van der Waals surface area (Å²) in [6.45, 7) is 0. The van der Waals surface area contributed by atoms with Crippen LogP contribution in [0.5, 0.6) is 0 Å². The standard InChI is InChI=1S/C17H11Cl3N2O2/c18-10-5-6-13(19)14(8-10)21-22-15-11-4-2-1-3-9(11)7-12(16(15)23)17(20)24/h1-9,11,21H. The van der Waals surface area contributed by atoms with Gasteiger partial charge in [-0.1, -0.05) is 53.6 Å². The van der Waals surface area contributed by atoms with Gasteiger partial charge in [-0.3, -0.25) is 15.0 Å². The second kappa shape index (κ2) is 6.93. The number of carbonyl (C=O) groups excluding carboxylic acids is 2. The van der Waals surface area contributed by atoms with Crippen molar-refractivity contribution in [2.45, 2.75) is 0 Å². The molecule has 0 heterocycles. The summed E-state index contributed by atoms with van der Waals surface area (Å²) in [5.41, 5.74) is 3.34. The van der Waals surface area contributed by atoms with Gasteiger partial charge in [-0.05, 0) is 29.8 Å². The van der Waals surface area contributed by atoms with Gasteiger partial charge >= 0.3 is 0 Å². The number of hydrazone groups is 1. The number of allylic oxidation sites excluding steroid dienone is 6. The Kier molecular flexibility index (Phi) is 4.90. The lowest BCUT2D eigenvalue weighted by Gasteiger charge is -2.27. The number of ketones is 1. The Morgan fingerprint density at radius 3 is 2.67 bits per heavy atom. The predicted octanol–water partition coefficient (Wildman–Crippen LogP) is 4.39. The zero-order valence-electron chi connectivity index (χ0n) is 12.2. The number of benzene rings is 1. The van der Waals surface area contributed by atoms with Crippen LogP contribution in [-0.2, 0) is 9.59 Å². The highest BCUT2D eigenvalue weighted by Crippen LogP contribution is 2.31. The van der Waals surface area contributed by atoms with E-state index in [4.69, 9.17) is 34.8 Å². The van der Waals surface area contributed by atoms with Crippen molar-refractivity contribution in [2.24, 2.45) is 16.9 Å². The van der Waals surface area contributed by atoms with Crippen molar-refractivity contribution in [1.29, 1.82) is 0 Å². The minimum Gasteiger partial charge on any atom is -0.287 e. The molecule has 122 valence electrons. The van der Waals surface area contributed by atoms with E-state index in [9.17, 15) is 9.59 Å². The number of fused-ring (bicyclic) bond motifs is 1. The van der Waals surface area contributed by atoms with Crippen LogP contribution < -0.4 is 5.43 Å². The molecule has 0 amide bonds. The van der Waals surface area contributed by atoms with Gasteiger partial charge in [-0.15, -0.1) is 0 Å². The molecule has 2 atom stereocenters. The SMILES string of the molecule is O=C(Cl)C1=CC2C=CC=CC2C(=NNc2cc(Cl)ccc2Cl)C1=O. The van der Waals surface area contributed by atoms with E-state index in [0.29, 0.717) is 15.7 Å². The third-order valence-corrected chi connectivity index (χ3v) is 4.53. The van der Waals surface area contributed by atoms with Crippen molar-refractivity contribution in [2.75, 3.05) is 5.43 Å². The maximum atomic E-state index is 12.5. The number of nitrogens with zero attached hydrogens (tertiary/aromatic N) is 1. The van der Waals surface area contributed by atoms with Crippen LogP contribution >= 0.6 is 34.8 Å². The molecule has 1 aromatic rings. The number of halogens is 3. The molecular formula is C17H11Cl3N2O2. The lowest BCUT2D eigenvalue weighted by Crippen LogP contribution is -2.36. The van der Waals surface area contributed by atoms with Crippen molar-refractivity contribution in [1.82, 2.24) is 0 Å². The number of anilines is 1. The van der Waals surface area contributed by atoms with Crippen LogP contribution in [0.3, 0.4) is 0 Å². The van der Waals surface area contributed by atoms with Gasteiger partial charge in [0.2, 0.25) is 5.78 Å². The lowest BCUT2D eigenvalue weighted by atomic mass is 9.76. The predicted molar refractivity (Wildman–Crippen MR) is 96.7 cm³/mol. The quantitative estimate of drug-likeness (QED) is 0.480. The number of nitrogens with one attached hydrogen (secondary N) is 1. The third kappa shape index (κ3) is 3.31. The average molecular weight is 382 g/mol. The summed E-state index contributed by atoms with van der Waals surface area (Å²) in [6.07, 6.45) is 9.00. The second-order valence-corrected chi connectivity index (χ2v) is 6.48. The Morgan fingerprint density at radius 1 is 1.17 bits per heavy atom. The molecule has 24 heavy (non-hydrogen) atoms. The van der Waals surface area contributed by atoms with Gasteiger partial charge in [-0.2, -0.15) is 5.10 Å². The van der Waals surface area contributed by atoms with E-state index >= 15 is 0 Å². The molecule has 3 rings (SSSR count). The number of hydrogen-bond acceptors (Lipinski definition) is 4. The first kappa shape index (κ1) is 17.0. The molecule has 1 N–H and O–H groups in total. The van der Waals surface area contributed by atoms with Gasteiger partial charge in [-0.25, -0.2) is 0 Å². The molecular weight excluding hydrogens is 371 g/mol. The molecule has 0 aromatic heterocycles. The Balaban J connectivity index is 1.98. The molecule has 4 nitrogen and oxygen atoms in total. The highest BCUT2D eigenvalue weighted by molar-refractivity contribution is 6.74. The number of rotatable bonds is 3. The minimum atomic E-state index is -0.796. The molecule has 2 unspecified atom stereocenters. The summed E-state index contributed by atoms with van der Waals surface area (Å²) >= 11 is 17.5. The molecule has 2 aliphatic carbocycles. The Labute approximate surface area is 153 Å². The largest absolute Gasteiger partial charge is 0.287 e. The first-order chi connectivity index (χ1) is 11.5. The Morgan fingerprint density at radius 2 is 1.92 bits per heavy atom. The van der Waals surface area contributed by atoms with Crippen molar-refractivity contribution >= 4 is 57.2 Å². The summed E-state index contributed by atoms with van der Waals surface area (Å²) < 4.78 is 0. The Hall–Kier alpha value is -1.88. The zero-order valence-corrected chi connectivity index (χ0v) is 14.4. The minimum absolute atomic E-state index is 0.0735. The van der Waals surface area contributed by atoms with E-state index in [1.807, 2.05) is 24.3 Å². The molecule has 0 bridgehead atoms. The van der Waals surface area contributed by atoms with Crippen molar-refractivity contribution in [3.63, 3.8) is 0 Å². The summed E-state index contributed by atoms with van der Waals surface area (Å²) in [6, 6.07) is 4.86. The fraction of sp³-hybridized carbons (Fsp3) is 0.118. The molecule has 0 radical (unpaired) electrons. The van der Waals surface area contributed by atoms with E-state index in [1.165, 1.54) is 0 Å². The molecule has 0 fully saturated rings. The van der Waals surface area contributed by atoms with Crippen LogP contribution in [0.2, 0.25) is 10.0 Å². The number of Topliss-reactive ketones (excluding diaryl/α,β-unsaturated/α-hetero) is 1. The molecule has 0 aliphatic heterocycles. The van der Waals surface area contributed by atoms with Crippen LogP contribution in [0.4, 0.5) is 5.69 Å². The fourth-order valence-electron chi connectivity index (χ4n) is 2.60. The molecule has 0 saturated heterocycles. The van der Waals surface area contributed by atoms with Gasteiger partial charge in [0.05, 0.1) is 16.3 Å². The van der Waals surface area contributed by atoms with Crippen LogP contribution in [0.1, 0.15) is 0 Å². The smallest absolute Gasteiger partial charge is 0.256 e. The van der Waals surface area contributed by atoms with Gasteiger partial charge < -0.3 is 0 Å². The lowest BCUT2D eigenvalue weighted by molar-refractivity contribution is -0.114. The molecule has 2 aliphatic rings. The average Bonchev–Trinajstić information content (AvgIpc) is 2.56. The first-order valence-electron chi connectivity index (χ1n) is 7.07. The third-order valence-electron chi connectivity index (χ3n) is 3.77. The molecule has 0 saturated carbocycles. The van der Waals surface area contributed by atoms with Gasteiger partial charge in [0.1, 0.15) is 5.71 Å².